The molecule has 0 aliphatic rings. The Labute approximate surface area is 201 Å². The lowest BCUT2D eigenvalue weighted by Gasteiger charge is -2.14. The number of rotatable bonds is 14. The van der Waals surface area contributed by atoms with Crippen LogP contribution in [0.1, 0.15) is 53.4 Å². The van der Waals surface area contributed by atoms with Crippen molar-refractivity contribution in [2.45, 2.75) is 59.5 Å². The average molecular weight is 482 g/mol. The molecule has 11 nitrogen and oxygen atoms in total. The summed E-state index contributed by atoms with van der Waals surface area (Å²) in [5.41, 5.74) is 0. The van der Waals surface area contributed by atoms with E-state index in [-0.39, 0.29) is 63.0 Å². The van der Waals surface area contributed by atoms with E-state index in [0.717, 1.165) is 6.08 Å². The second-order valence-electron chi connectivity index (χ2n) is 7.00. The second kappa shape index (κ2) is 21.3. The Morgan fingerprint density at radius 1 is 0.882 bits per heavy atom. The molecule has 0 aliphatic carbocycles. The number of carbonyl (C=O) groups excluding carboxylic acids is 4. The number of nitrogens with zero attached hydrogens (tertiary/aromatic N) is 2. The van der Waals surface area contributed by atoms with Gasteiger partial charge in [0.15, 0.2) is 0 Å². The summed E-state index contributed by atoms with van der Waals surface area (Å²) in [4.78, 5) is 44.4. The number of ether oxygens (including phenoxy) is 4. The minimum Gasteiger partial charge on any atom is -0.462 e. The molecule has 2 unspecified atom stereocenters. The van der Waals surface area contributed by atoms with Gasteiger partial charge in [0.2, 0.25) is 0 Å². The summed E-state index contributed by atoms with van der Waals surface area (Å²) in [7, 11) is 0. The van der Waals surface area contributed by atoms with Gasteiger partial charge in [0, 0.05) is 6.08 Å². The molecule has 0 heterocycles. The van der Waals surface area contributed by atoms with Crippen LogP contribution in [0.3, 0.4) is 0 Å². The Balaban J connectivity index is 0. The van der Waals surface area contributed by atoms with Crippen LogP contribution < -0.4 is 5.32 Å². The molecule has 0 spiro atoms. The summed E-state index contributed by atoms with van der Waals surface area (Å²) in [6, 6.07) is 3.77. The first-order chi connectivity index (χ1) is 16.2. The standard InChI is InChI=1S/C13H21NO6.C10H14N2O2/c1-4-10(3)12(16)19-8-9-20-13(17)14-6-7-18-11(15)5-2;1-3-8(2)10(13)14-9(4-6-11)5-7-12/h5,10H,2,4,6-9H2,1,3H3,(H,14,17);8-9H,3-5H2,1-2H3. The fourth-order valence-corrected chi connectivity index (χ4v) is 1.81. The number of alkyl carbamates (subject to hydrolysis) is 1. The van der Waals surface area contributed by atoms with E-state index in [9.17, 15) is 19.2 Å². The number of nitrogens with one attached hydrogen (secondary N) is 1. The van der Waals surface area contributed by atoms with E-state index in [4.69, 9.17) is 24.7 Å². The lowest BCUT2D eigenvalue weighted by atomic mass is 10.1. The molecule has 1 N–H and O–H groups in total. The van der Waals surface area contributed by atoms with Crippen molar-refractivity contribution in [1.82, 2.24) is 5.32 Å². The summed E-state index contributed by atoms with van der Waals surface area (Å²) in [6.45, 7) is 10.7. The predicted octanol–water partition coefficient (Wildman–Crippen LogP) is 2.80. The van der Waals surface area contributed by atoms with E-state index in [1.54, 1.807) is 13.8 Å². The smallest absolute Gasteiger partial charge is 0.407 e. The van der Waals surface area contributed by atoms with Crippen molar-refractivity contribution in [2.75, 3.05) is 26.4 Å². The van der Waals surface area contributed by atoms with Gasteiger partial charge in [-0.2, -0.15) is 10.5 Å². The summed E-state index contributed by atoms with van der Waals surface area (Å²) < 4.78 is 19.3. The van der Waals surface area contributed by atoms with Gasteiger partial charge >= 0.3 is 24.0 Å². The fraction of sp³-hybridized carbons (Fsp3) is 0.652. The van der Waals surface area contributed by atoms with E-state index >= 15 is 0 Å². The summed E-state index contributed by atoms with van der Waals surface area (Å²) in [5, 5.41) is 19.2. The van der Waals surface area contributed by atoms with Crippen LogP contribution >= 0.6 is 0 Å². The highest BCUT2D eigenvalue weighted by atomic mass is 16.6. The number of carbonyl (C=O) groups is 4. The van der Waals surface area contributed by atoms with Crippen molar-refractivity contribution in [1.29, 1.82) is 10.5 Å². The minimum atomic E-state index is -0.667. The molecule has 0 aromatic heterocycles. The maximum absolute atomic E-state index is 11.3. The Morgan fingerprint density at radius 2 is 1.41 bits per heavy atom. The van der Waals surface area contributed by atoms with Gasteiger partial charge in [0.05, 0.1) is 43.4 Å². The molecule has 190 valence electrons. The van der Waals surface area contributed by atoms with E-state index in [1.165, 1.54) is 0 Å². The van der Waals surface area contributed by atoms with E-state index in [0.29, 0.717) is 12.8 Å². The lowest BCUT2D eigenvalue weighted by molar-refractivity contribution is -0.153. The van der Waals surface area contributed by atoms with Gasteiger partial charge in [-0.05, 0) is 12.8 Å². The number of hydrogen-bond donors (Lipinski definition) is 1. The first-order valence-electron chi connectivity index (χ1n) is 11.0. The fourth-order valence-electron chi connectivity index (χ4n) is 1.81. The molecule has 0 aromatic rings. The van der Waals surface area contributed by atoms with Crippen LogP contribution in [0.15, 0.2) is 12.7 Å². The molecule has 2 atom stereocenters. The van der Waals surface area contributed by atoms with Crippen molar-refractivity contribution < 1.29 is 38.1 Å². The third-order valence-electron chi connectivity index (χ3n) is 4.29. The molecule has 34 heavy (non-hydrogen) atoms. The predicted molar refractivity (Wildman–Crippen MR) is 121 cm³/mol. The molecule has 0 bridgehead atoms. The summed E-state index contributed by atoms with van der Waals surface area (Å²) >= 11 is 0. The Morgan fingerprint density at radius 3 is 1.91 bits per heavy atom. The Bertz CT molecular complexity index is 711. The molecule has 1 amide bonds. The summed E-state index contributed by atoms with van der Waals surface area (Å²) in [5.74, 6) is -1.54. The van der Waals surface area contributed by atoms with E-state index in [1.807, 2.05) is 26.0 Å². The molecule has 0 aliphatic heterocycles. The highest BCUT2D eigenvalue weighted by molar-refractivity contribution is 5.81. The van der Waals surface area contributed by atoms with Crippen LogP contribution in [-0.4, -0.2) is 56.5 Å². The maximum Gasteiger partial charge on any atom is 0.407 e. The third-order valence-corrected chi connectivity index (χ3v) is 4.29. The topological polar surface area (TPSA) is 165 Å². The molecule has 11 heteroatoms. The molecule has 0 saturated heterocycles. The Hall–Kier alpha value is -3.60. The Kier molecular flexibility index (Phi) is 20.4. The molecular weight excluding hydrogens is 446 g/mol. The maximum atomic E-state index is 11.3. The van der Waals surface area contributed by atoms with Crippen molar-refractivity contribution in [3.63, 3.8) is 0 Å². The molecular formula is C23H35N3O8. The molecule has 0 aromatic carbocycles. The SMILES string of the molecule is C=CC(=O)OCCNC(=O)OCCOC(=O)C(C)CC.CCC(C)C(=O)OC(CC#N)CC#N. The van der Waals surface area contributed by atoms with E-state index < -0.39 is 18.2 Å². The quantitative estimate of drug-likeness (QED) is 0.169. The number of nitriles is 2. The van der Waals surface area contributed by atoms with Gasteiger partial charge in [0.25, 0.3) is 0 Å². The van der Waals surface area contributed by atoms with Crippen molar-refractivity contribution in [3.8, 4) is 12.1 Å². The number of hydrogen-bond acceptors (Lipinski definition) is 10. The monoisotopic (exact) mass is 481 g/mol. The minimum absolute atomic E-state index is 0.0159. The van der Waals surface area contributed by atoms with Gasteiger partial charge in [-0.25, -0.2) is 9.59 Å². The number of amides is 1. The zero-order valence-corrected chi connectivity index (χ0v) is 20.3. The first-order valence-corrected chi connectivity index (χ1v) is 11.0. The average Bonchev–Trinajstić information content (AvgIpc) is 2.83. The summed E-state index contributed by atoms with van der Waals surface area (Å²) in [6.07, 6.45) is 1.34. The second-order valence-corrected chi connectivity index (χ2v) is 7.00. The largest absolute Gasteiger partial charge is 0.462 e. The van der Waals surface area contributed by atoms with Crippen molar-refractivity contribution >= 4 is 24.0 Å². The zero-order chi connectivity index (χ0) is 26.4. The van der Waals surface area contributed by atoms with Crippen molar-refractivity contribution in [3.05, 3.63) is 12.7 Å². The van der Waals surface area contributed by atoms with Crippen LogP contribution in [0.25, 0.3) is 0 Å². The van der Waals surface area contributed by atoms with Crippen LogP contribution in [0.4, 0.5) is 4.79 Å². The molecule has 0 saturated carbocycles. The highest BCUT2D eigenvalue weighted by Crippen LogP contribution is 2.09. The van der Waals surface area contributed by atoms with Crippen LogP contribution in [0.2, 0.25) is 0 Å². The van der Waals surface area contributed by atoms with E-state index in [2.05, 4.69) is 16.6 Å². The number of esters is 3. The third kappa shape index (κ3) is 18.0. The van der Waals surface area contributed by atoms with Crippen LogP contribution in [0.5, 0.6) is 0 Å². The lowest BCUT2D eigenvalue weighted by Crippen LogP contribution is -2.29. The zero-order valence-electron chi connectivity index (χ0n) is 20.3. The highest BCUT2D eigenvalue weighted by Gasteiger charge is 2.18. The van der Waals surface area contributed by atoms with Gasteiger partial charge in [-0.15, -0.1) is 0 Å². The molecule has 0 fully saturated rings. The van der Waals surface area contributed by atoms with Crippen molar-refractivity contribution in [2.24, 2.45) is 11.8 Å². The first kappa shape index (κ1) is 32.6. The molecule has 0 rings (SSSR count). The van der Waals surface area contributed by atoms with Gasteiger partial charge in [0.1, 0.15) is 25.9 Å². The van der Waals surface area contributed by atoms with Crippen LogP contribution in [-0.2, 0) is 33.3 Å². The molecule has 0 radical (unpaired) electrons. The van der Waals surface area contributed by atoms with Gasteiger partial charge < -0.3 is 24.3 Å². The van der Waals surface area contributed by atoms with Crippen LogP contribution in [0, 0.1) is 34.5 Å². The van der Waals surface area contributed by atoms with Gasteiger partial charge in [-0.1, -0.05) is 34.3 Å². The van der Waals surface area contributed by atoms with Gasteiger partial charge in [-0.3, -0.25) is 9.59 Å². The normalized spacial score (nSPS) is 11.3.